The van der Waals surface area contributed by atoms with Gasteiger partial charge in [-0.1, -0.05) is 0 Å². The number of benzene rings is 1. The Bertz CT molecular complexity index is 548. The average Bonchev–Trinajstić information content (AvgIpc) is 2.77. The van der Waals surface area contributed by atoms with Crippen LogP contribution in [-0.4, -0.2) is 36.1 Å². The maximum Gasteiger partial charge on any atom is 0.144 e. The largest absolute Gasteiger partial charge is 0.489 e. The molecule has 1 aromatic carbocycles. The van der Waals surface area contributed by atoms with Gasteiger partial charge in [-0.25, -0.2) is 4.98 Å². The zero-order valence-corrected chi connectivity index (χ0v) is 12.0. The summed E-state index contributed by atoms with van der Waals surface area (Å²) in [4.78, 5) is 6.39. The van der Waals surface area contributed by atoms with Gasteiger partial charge in [-0.2, -0.15) is 0 Å². The Morgan fingerprint density at radius 2 is 2.11 bits per heavy atom. The van der Waals surface area contributed by atoms with E-state index in [9.17, 15) is 0 Å². The molecule has 0 saturated carbocycles. The molecule has 1 heterocycles. The van der Waals surface area contributed by atoms with Crippen LogP contribution in [0.5, 0.6) is 5.75 Å². The molecule has 18 heavy (non-hydrogen) atoms. The molecule has 2 N–H and O–H groups in total. The molecule has 0 spiro atoms. The van der Waals surface area contributed by atoms with Crippen molar-refractivity contribution in [1.29, 1.82) is 0 Å². The molecule has 2 aromatic rings. The lowest BCUT2D eigenvalue weighted by atomic mass is 10.1. The summed E-state index contributed by atoms with van der Waals surface area (Å²) < 4.78 is 6.93. The first kappa shape index (κ1) is 13.1. The molecule has 0 saturated heterocycles. The first-order chi connectivity index (χ1) is 8.42. The molecule has 5 heteroatoms. The molecule has 98 valence electrons. The third-order valence-electron chi connectivity index (χ3n) is 3.29. The third-order valence-corrected chi connectivity index (χ3v) is 4.09. The second-order valence-corrected chi connectivity index (χ2v) is 6.06. The number of hydrogen-bond acceptors (Lipinski definition) is 5. The topological polar surface area (TPSA) is 51.4 Å². The van der Waals surface area contributed by atoms with Crippen LogP contribution in [0, 0.1) is 0 Å². The molecule has 1 aromatic heterocycles. The number of nitrogens with zero attached hydrogens (tertiary/aromatic N) is 2. The van der Waals surface area contributed by atoms with Crippen LogP contribution < -0.4 is 10.5 Å². The summed E-state index contributed by atoms with van der Waals surface area (Å²) >= 11 is 1.58. The van der Waals surface area contributed by atoms with Gasteiger partial charge in [0, 0.05) is 5.54 Å². The predicted molar refractivity (Wildman–Crippen MR) is 77.3 cm³/mol. The summed E-state index contributed by atoms with van der Waals surface area (Å²) in [7, 11) is 4.08. The lowest BCUT2D eigenvalue weighted by Crippen LogP contribution is -2.43. The zero-order chi connectivity index (χ0) is 13.3. The number of nitrogens with two attached hydrogens (primary N) is 1. The number of fused-ring (bicyclic) bond motifs is 1. The number of rotatable bonds is 4. The van der Waals surface area contributed by atoms with Crippen LogP contribution in [0.2, 0.25) is 0 Å². The predicted octanol–water partition coefficient (Wildman–Crippen LogP) is 2.60. The van der Waals surface area contributed by atoms with Gasteiger partial charge in [0.15, 0.2) is 0 Å². The van der Waals surface area contributed by atoms with Gasteiger partial charge in [0.25, 0.3) is 0 Å². The third kappa shape index (κ3) is 2.42. The van der Waals surface area contributed by atoms with Crippen molar-refractivity contribution in [2.45, 2.75) is 19.4 Å². The first-order valence-corrected chi connectivity index (χ1v) is 6.72. The summed E-state index contributed by atoms with van der Waals surface area (Å²) in [5.74, 6) is 0.711. The van der Waals surface area contributed by atoms with Crippen molar-refractivity contribution < 1.29 is 4.74 Å². The number of aromatic nitrogens is 1. The Labute approximate surface area is 111 Å². The first-order valence-electron chi connectivity index (χ1n) is 5.84. The number of anilines is 1. The monoisotopic (exact) mass is 265 g/mol. The second-order valence-electron chi connectivity index (χ2n) is 5.17. The van der Waals surface area contributed by atoms with Crippen molar-refractivity contribution in [3.05, 3.63) is 17.6 Å². The molecule has 0 aliphatic rings. The molecule has 0 aliphatic heterocycles. The molecule has 0 atom stereocenters. The molecule has 0 radical (unpaired) electrons. The van der Waals surface area contributed by atoms with Crippen LogP contribution in [0.4, 0.5) is 5.69 Å². The fourth-order valence-corrected chi connectivity index (χ4v) is 2.14. The average molecular weight is 265 g/mol. The van der Waals surface area contributed by atoms with E-state index in [2.05, 4.69) is 23.7 Å². The van der Waals surface area contributed by atoms with E-state index in [1.54, 1.807) is 16.8 Å². The van der Waals surface area contributed by atoms with Crippen LogP contribution in [0.3, 0.4) is 0 Å². The van der Waals surface area contributed by atoms with Gasteiger partial charge in [0.05, 0.1) is 10.2 Å². The molecule has 0 amide bonds. The highest BCUT2D eigenvalue weighted by Gasteiger charge is 2.22. The minimum Gasteiger partial charge on any atom is -0.489 e. The SMILES string of the molecule is CN(C)C(C)(C)COc1ccc2scnc2c1N. The van der Waals surface area contributed by atoms with Gasteiger partial charge in [-0.15, -0.1) is 11.3 Å². The minimum absolute atomic E-state index is 0.0382. The van der Waals surface area contributed by atoms with Crippen molar-refractivity contribution in [2.75, 3.05) is 26.4 Å². The summed E-state index contributed by atoms with van der Waals surface area (Å²) in [6.07, 6.45) is 0. The van der Waals surface area contributed by atoms with Gasteiger partial charge in [-0.3, -0.25) is 0 Å². The van der Waals surface area contributed by atoms with E-state index >= 15 is 0 Å². The van der Waals surface area contributed by atoms with Crippen LogP contribution >= 0.6 is 11.3 Å². The molecule has 4 nitrogen and oxygen atoms in total. The zero-order valence-electron chi connectivity index (χ0n) is 11.2. The van der Waals surface area contributed by atoms with Gasteiger partial charge < -0.3 is 15.4 Å². The number of ether oxygens (including phenoxy) is 1. The smallest absolute Gasteiger partial charge is 0.144 e. The molecular weight excluding hydrogens is 246 g/mol. The Hall–Kier alpha value is -1.33. The number of likely N-dealkylation sites (N-methyl/N-ethyl adjacent to an activating group) is 1. The summed E-state index contributed by atoms with van der Waals surface area (Å²) in [6, 6.07) is 3.92. The Morgan fingerprint density at radius 1 is 1.39 bits per heavy atom. The molecule has 0 fully saturated rings. The van der Waals surface area contributed by atoms with E-state index in [0.29, 0.717) is 18.0 Å². The highest BCUT2D eigenvalue weighted by atomic mass is 32.1. The summed E-state index contributed by atoms with van der Waals surface area (Å²) in [5, 5.41) is 0. The molecule has 0 unspecified atom stereocenters. The van der Waals surface area contributed by atoms with Crippen molar-refractivity contribution in [3.63, 3.8) is 0 Å². The quantitative estimate of drug-likeness (QED) is 0.863. The normalized spacial score (nSPS) is 12.3. The maximum atomic E-state index is 6.07. The Morgan fingerprint density at radius 3 is 2.78 bits per heavy atom. The second kappa shape index (κ2) is 4.74. The molecule has 2 rings (SSSR count). The highest BCUT2D eigenvalue weighted by Crippen LogP contribution is 2.32. The van der Waals surface area contributed by atoms with Crippen LogP contribution in [0.25, 0.3) is 10.2 Å². The fourth-order valence-electron chi connectivity index (χ4n) is 1.44. The van der Waals surface area contributed by atoms with Gasteiger partial charge in [0.2, 0.25) is 0 Å². The summed E-state index contributed by atoms with van der Waals surface area (Å²) in [6.45, 7) is 4.84. The van der Waals surface area contributed by atoms with Crippen molar-refractivity contribution in [2.24, 2.45) is 0 Å². The van der Waals surface area contributed by atoms with Crippen LogP contribution in [-0.2, 0) is 0 Å². The van der Waals surface area contributed by atoms with Gasteiger partial charge in [0.1, 0.15) is 23.6 Å². The van der Waals surface area contributed by atoms with E-state index < -0.39 is 0 Å². The van der Waals surface area contributed by atoms with E-state index in [1.807, 2.05) is 26.2 Å². The van der Waals surface area contributed by atoms with Gasteiger partial charge in [-0.05, 0) is 40.1 Å². The van der Waals surface area contributed by atoms with Gasteiger partial charge >= 0.3 is 0 Å². The Kier molecular flexibility index (Phi) is 3.45. The molecule has 0 aliphatic carbocycles. The highest BCUT2D eigenvalue weighted by molar-refractivity contribution is 7.16. The van der Waals surface area contributed by atoms with E-state index in [0.717, 1.165) is 10.2 Å². The number of hydrogen-bond donors (Lipinski definition) is 1. The van der Waals surface area contributed by atoms with Crippen molar-refractivity contribution >= 4 is 27.2 Å². The molecule has 0 bridgehead atoms. The van der Waals surface area contributed by atoms with E-state index in [4.69, 9.17) is 10.5 Å². The molecular formula is C13H19N3OS. The maximum absolute atomic E-state index is 6.07. The Balaban J connectivity index is 2.20. The number of nitrogen functional groups attached to an aromatic ring is 1. The fraction of sp³-hybridized carbons (Fsp3) is 0.462. The lowest BCUT2D eigenvalue weighted by Gasteiger charge is -2.32. The minimum atomic E-state index is -0.0382. The number of thiazole rings is 1. The van der Waals surface area contributed by atoms with Crippen molar-refractivity contribution in [3.8, 4) is 5.75 Å². The van der Waals surface area contributed by atoms with Crippen LogP contribution in [0.1, 0.15) is 13.8 Å². The van der Waals surface area contributed by atoms with Crippen molar-refractivity contribution in [1.82, 2.24) is 9.88 Å². The van der Waals surface area contributed by atoms with E-state index in [1.165, 1.54) is 0 Å². The van der Waals surface area contributed by atoms with Crippen LogP contribution in [0.15, 0.2) is 17.6 Å². The lowest BCUT2D eigenvalue weighted by molar-refractivity contribution is 0.114. The summed E-state index contributed by atoms with van der Waals surface area (Å²) in [5.41, 5.74) is 9.30. The standard InChI is InChI=1S/C13H19N3OS/c1-13(2,16(3)4)7-17-9-5-6-10-12(11(9)14)15-8-18-10/h5-6,8H,7,14H2,1-4H3. The van der Waals surface area contributed by atoms with E-state index in [-0.39, 0.29) is 5.54 Å².